The van der Waals surface area contributed by atoms with Crippen molar-refractivity contribution in [3.63, 3.8) is 0 Å². The number of nitrogens with one attached hydrogen (secondary N) is 1. The molecule has 0 saturated carbocycles. The number of carbonyl (C=O) groups excluding carboxylic acids is 1. The van der Waals surface area contributed by atoms with E-state index in [-0.39, 0.29) is 11.9 Å². The first-order valence-corrected chi connectivity index (χ1v) is 6.31. The van der Waals surface area contributed by atoms with Crippen molar-refractivity contribution in [3.05, 3.63) is 12.7 Å². The molecule has 0 aliphatic carbocycles. The van der Waals surface area contributed by atoms with Crippen LogP contribution in [-0.4, -0.2) is 36.5 Å². The van der Waals surface area contributed by atoms with Crippen molar-refractivity contribution < 1.29 is 4.79 Å². The van der Waals surface area contributed by atoms with Gasteiger partial charge >= 0.3 is 0 Å². The van der Waals surface area contributed by atoms with Gasteiger partial charge in [0.15, 0.2) is 0 Å². The van der Waals surface area contributed by atoms with Gasteiger partial charge in [0.2, 0.25) is 5.91 Å². The van der Waals surface area contributed by atoms with E-state index in [1.807, 2.05) is 18.0 Å². The minimum Gasteiger partial charge on any atom is -0.344 e. The van der Waals surface area contributed by atoms with Gasteiger partial charge in [0, 0.05) is 19.6 Å². The summed E-state index contributed by atoms with van der Waals surface area (Å²) in [5.74, 6) is 0.250. The lowest BCUT2D eigenvalue weighted by Gasteiger charge is -2.21. The van der Waals surface area contributed by atoms with Crippen LogP contribution in [0.2, 0.25) is 0 Å². The number of amides is 1. The minimum atomic E-state index is 0.0476. The average molecular weight is 224 g/mol. The summed E-state index contributed by atoms with van der Waals surface area (Å²) in [6.07, 6.45) is 7.31. The summed E-state index contributed by atoms with van der Waals surface area (Å²) in [6, 6.07) is 0.509. The van der Waals surface area contributed by atoms with Crippen LogP contribution >= 0.6 is 0 Å². The lowest BCUT2D eigenvalue weighted by molar-refractivity contribution is -0.128. The lowest BCUT2D eigenvalue weighted by atomic mass is 10.0. The molecular formula is C13H24N2O. The smallest absolute Gasteiger partial charge is 0.239 e. The number of likely N-dealkylation sites (N-methyl/N-ethyl adjacent to an activating group) is 1. The molecule has 0 bridgehead atoms. The Morgan fingerprint density at radius 2 is 2.38 bits per heavy atom. The molecule has 1 aliphatic heterocycles. The Morgan fingerprint density at radius 1 is 1.62 bits per heavy atom. The van der Waals surface area contributed by atoms with Crippen LogP contribution in [0, 0.1) is 0 Å². The lowest BCUT2D eigenvalue weighted by Crippen LogP contribution is -2.43. The molecule has 0 aromatic heterocycles. The summed E-state index contributed by atoms with van der Waals surface area (Å²) in [7, 11) is 1.88. The van der Waals surface area contributed by atoms with E-state index in [9.17, 15) is 4.79 Å². The monoisotopic (exact) mass is 224 g/mol. The van der Waals surface area contributed by atoms with Crippen LogP contribution in [0.25, 0.3) is 0 Å². The van der Waals surface area contributed by atoms with Crippen LogP contribution in [0.4, 0.5) is 0 Å². The first kappa shape index (κ1) is 13.2. The molecule has 0 spiro atoms. The van der Waals surface area contributed by atoms with Crippen LogP contribution in [-0.2, 0) is 4.79 Å². The summed E-state index contributed by atoms with van der Waals surface area (Å²) in [6.45, 7) is 6.82. The largest absolute Gasteiger partial charge is 0.344 e. The van der Waals surface area contributed by atoms with Crippen molar-refractivity contribution in [3.8, 4) is 0 Å². The molecule has 1 N–H and O–H groups in total. The van der Waals surface area contributed by atoms with Crippen LogP contribution in [0.5, 0.6) is 0 Å². The maximum absolute atomic E-state index is 11.8. The maximum Gasteiger partial charge on any atom is 0.239 e. The molecule has 1 aliphatic rings. The molecule has 0 radical (unpaired) electrons. The van der Waals surface area contributed by atoms with Crippen molar-refractivity contribution in [2.24, 2.45) is 0 Å². The Hall–Kier alpha value is -0.830. The normalized spacial score (nSPS) is 22.5. The third kappa shape index (κ3) is 3.63. The van der Waals surface area contributed by atoms with Gasteiger partial charge in [0.05, 0.1) is 6.04 Å². The van der Waals surface area contributed by atoms with Gasteiger partial charge in [0.25, 0.3) is 0 Å². The molecule has 92 valence electrons. The molecule has 1 fully saturated rings. The second-order valence-electron chi connectivity index (χ2n) is 4.62. The Balaban J connectivity index is 2.41. The van der Waals surface area contributed by atoms with E-state index in [4.69, 9.17) is 0 Å². The fourth-order valence-corrected chi connectivity index (χ4v) is 2.24. The van der Waals surface area contributed by atoms with Gasteiger partial charge in [-0.05, 0) is 25.7 Å². The van der Waals surface area contributed by atoms with Crippen molar-refractivity contribution in [1.29, 1.82) is 0 Å². The van der Waals surface area contributed by atoms with Crippen LogP contribution in [0.1, 0.15) is 39.0 Å². The number of allylic oxidation sites excluding steroid dienone is 1. The van der Waals surface area contributed by atoms with E-state index >= 15 is 0 Å². The summed E-state index contributed by atoms with van der Waals surface area (Å²) < 4.78 is 0. The Labute approximate surface area is 98.9 Å². The molecular weight excluding hydrogens is 200 g/mol. The molecule has 1 heterocycles. The van der Waals surface area contributed by atoms with Crippen LogP contribution in [0.3, 0.4) is 0 Å². The van der Waals surface area contributed by atoms with Gasteiger partial charge in [-0.25, -0.2) is 0 Å². The van der Waals surface area contributed by atoms with Crippen molar-refractivity contribution in [1.82, 2.24) is 10.2 Å². The zero-order valence-electron chi connectivity index (χ0n) is 10.5. The average Bonchev–Trinajstić information content (AvgIpc) is 2.58. The summed E-state index contributed by atoms with van der Waals surface area (Å²) in [4.78, 5) is 13.6. The van der Waals surface area contributed by atoms with Gasteiger partial charge in [-0.15, -0.1) is 6.58 Å². The van der Waals surface area contributed by atoms with Crippen molar-refractivity contribution in [2.75, 3.05) is 13.6 Å². The van der Waals surface area contributed by atoms with Crippen LogP contribution < -0.4 is 5.32 Å². The number of hydrogen-bond acceptors (Lipinski definition) is 2. The maximum atomic E-state index is 11.8. The zero-order valence-corrected chi connectivity index (χ0v) is 10.5. The quantitative estimate of drug-likeness (QED) is 0.670. The van der Waals surface area contributed by atoms with Crippen molar-refractivity contribution in [2.45, 2.75) is 51.1 Å². The second kappa shape index (κ2) is 6.69. The van der Waals surface area contributed by atoms with E-state index in [0.29, 0.717) is 6.04 Å². The van der Waals surface area contributed by atoms with E-state index < -0.39 is 0 Å². The number of carbonyl (C=O) groups is 1. The first-order valence-electron chi connectivity index (χ1n) is 6.31. The SMILES string of the molecule is C=CCCC(CCC)NC1CCN(C)C1=O. The summed E-state index contributed by atoms with van der Waals surface area (Å²) in [5, 5.41) is 3.49. The highest BCUT2D eigenvalue weighted by Crippen LogP contribution is 2.13. The summed E-state index contributed by atoms with van der Waals surface area (Å²) >= 11 is 0. The number of nitrogens with zero attached hydrogens (tertiary/aromatic N) is 1. The Kier molecular flexibility index (Phi) is 5.53. The fraction of sp³-hybridized carbons (Fsp3) is 0.769. The molecule has 3 nitrogen and oxygen atoms in total. The highest BCUT2D eigenvalue weighted by molar-refractivity contribution is 5.83. The third-order valence-corrected chi connectivity index (χ3v) is 3.22. The van der Waals surface area contributed by atoms with Gasteiger partial charge < -0.3 is 10.2 Å². The molecule has 2 unspecified atom stereocenters. The van der Waals surface area contributed by atoms with E-state index in [0.717, 1.165) is 38.6 Å². The summed E-state index contributed by atoms with van der Waals surface area (Å²) in [5.41, 5.74) is 0. The van der Waals surface area contributed by atoms with Gasteiger partial charge in [0.1, 0.15) is 0 Å². The Bertz CT molecular complexity index is 240. The first-order chi connectivity index (χ1) is 7.69. The van der Waals surface area contributed by atoms with Crippen LogP contribution in [0.15, 0.2) is 12.7 Å². The predicted octanol–water partition coefficient (Wildman–Crippen LogP) is 1.94. The molecule has 1 amide bonds. The van der Waals surface area contributed by atoms with E-state index in [1.54, 1.807) is 0 Å². The third-order valence-electron chi connectivity index (χ3n) is 3.22. The topological polar surface area (TPSA) is 32.3 Å². The van der Waals surface area contributed by atoms with Gasteiger partial charge in [-0.1, -0.05) is 19.4 Å². The van der Waals surface area contributed by atoms with Crippen molar-refractivity contribution >= 4 is 5.91 Å². The number of hydrogen-bond donors (Lipinski definition) is 1. The number of likely N-dealkylation sites (tertiary alicyclic amines) is 1. The molecule has 2 atom stereocenters. The van der Waals surface area contributed by atoms with Gasteiger partial charge in [-0.3, -0.25) is 4.79 Å². The molecule has 0 aromatic carbocycles. The molecule has 3 heteroatoms. The highest BCUT2D eigenvalue weighted by atomic mass is 16.2. The standard InChI is InChI=1S/C13H24N2O/c1-4-6-8-11(7-5-2)14-12-9-10-15(3)13(12)16/h4,11-12,14H,1,5-10H2,2-3H3. The van der Waals surface area contributed by atoms with E-state index in [2.05, 4.69) is 18.8 Å². The predicted molar refractivity (Wildman–Crippen MR) is 67.3 cm³/mol. The highest BCUT2D eigenvalue weighted by Gasteiger charge is 2.30. The second-order valence-corrected chi connectivity index (χ2v) is 4.62. The molecule has 1 rings (SSSR count). The van der Waals surface area contributed by atoms with E-state index in [1.165, 1.54) is 0 Å². The zero-order chi connectivity index (χ0) is 12.0. The van der Waals surface area contributed by atoms with Gasteiger partial charge in [-0.2, -0.15) is 0 Å². The molecule has 1 saturated heterocycles. The fourth-order valence-electron chi connectivity index (χ4n) is 2.24. The number of rotatable bonds is 7. The molecule has 0 aromatic rings. The minimum absolute atomic E-state index is 0.0476. The molecule has 16 heavy (non-hydrogen) atoms. The Morgan fingerprint density at radius 3 is 2.88 bits per heavy atom.